The normalized spacial score (nSPS) is 10.7. The van der Waals surface area contributed by atoms with Gasteiger partial charge in [0.2, 0.25) is 5.91 Å². The fraction of sp³-hybridized carbons (Fsp3) is 0.0667. The molecule has 1 heterocycles. The maximum atomic E-state index is 13.1. The van der Waals surface area contributed by atoms with Crippen molar-refractivity contribution in [3.05, 3.63) is 64.7 Å². The van der Waals surface area contributed by atoms with E-state index in [0.717, 1.165) is 4.68 Å². The van der Waals surface area contributed by atoms with Crippen molar-refractivity contribution >= 4 is 22.5 Å². The smallest absolute Gasteiger partial charge is 0.274 e. The molecule has 2 N–H and O–H groups in total. The molecule has 0 aliphatic heterocycles. The number of nitrogens with one attached hydrogen (secondary N) is 2. The lowest BCUT2D eigenvalue weighted by Crippen LogP contribution is -2.26. The van der Waals surface area contributed by atoms with E-state index in [1.54, 1.807) is 24.3 Å². The highest BCUT2D eigenvalue weighted by molar-refractivity contribution is 5.90. The Bertz CT molecular complexity index is 852. The summed E-state index contributed by atoms with van der Waals surface area (Å²) in [5.41, 5.74) is 0.665. The Morgan fingerprint density at radius 3 is 2.71 bits per heavy atom. The Balaban J connectivity index is 1.83. The number of aromatic amines is 1. The first-order valence-corrected chi connectivity index (χ1v) is 6.36. The molecule has 21 heavy (non-hydrogen) atoms. The third-order valence-corrected chi connectivity index (χ3v) is 3.07. The molecule has 0 radical (unpaired) electrons. The van der Waals surface area contributed by atoms with Crippen molar-refractivity contribution in [3.63, 3.8) is 0 Å². The molecule has 0 aliphatic rings. The second-order valence-corrected chi connectivity index (χ2v) is 4.61. The lowest BCUT2D eigenvalue weighted by molar-refractivity contribution is -0.116. The minimum absolute atomic E-state index is 0.163. The molecule has 106 valence electrons. The molecule has 0 bridgehead atoms. The maximum Gasteiger partial charge on any atom is 0.274 e. The van der Waals surface area contributed by atoms with E-state index in [1.165, 1.54) is 18.2 Å². The summed E-state index contributed by atoms with van der Waals surface area (Å²) in [4.78, 5) is 24.0. The highest BCUT2D eigenvalue weighted by atomic mass is 19.1. The first-order valence-electron chi connectivity index (χ1n) is 6.36. The summed E-state index contributed by atoms with van der Waals surface area (Å²) in [6.07, 6.45) is 0. The largest absolute Gasteiger partial charge is 0.324 e. The third-order valence-electron chi connectivity index (χ3n) is 3.07. The number of rotatable bonds is 3. The van der Waals surface area contributed by atoms with Gasteiger partial charge in [0.1, 0.15) is 12.4 Å². The van der Waals surface area contributed by atoms with Gasteiger partial charge in [-0.2, -0.15) is 0 Å². The molecular formula is C15H12FN3O2. The second kappa shape index (κ2) is 5.24. The van der Waals surface area contributed by atoms with Crippen LogP contribution in [0.25, 0.3) is 10.9 Å². The van der Waals surface area contributed by atoms with Gasteiger partial charge in [-0.15, -0.1) is 0 Å². The second-order valence-electron chi connectivity index (χ2n) is 4.61. The van der Waals surface area contributed by atoms with E-state index >= 15 is 0 Å². The average Bonchev–Trinajstić information content (AvgIpc) is 2.75. The van der Waals surface area contributed by atoms with Crippen LogP contribution >= 0.6 is 0 Å². The summed E-state index contributed by atoms with van der Waals surface area (Å²) in [6, 6.07) is 12.8. The van der Waals surface area contributed by atoms with E-state index in [0.29, 0.717) is 16.6 Å². The Labute approximate surface area is 119 Å². The van der Waals surface area contributed by atoms with E-state index in [4.69, 9.17) is 0 Å². The van der Waals surface area contributed by atoms with Crippen molar-refractivity contribution in [3.8, 4) is 0 Å². The lowest BCUT2D eigenvalue weighted by Gasteiger charge is -2.04. The van der Waals surface area contributed by atoms with Gasteiger partial charge < -0.3 is 5.32 Å². The summed E-state index contributed by atoms with van der Waals surface area (Å²) in [5, 5.41) is 5.76. The van der Waals surface area contributed by atoms with Gasteiger partial charge >= 0.3 is 0 Å². The van der Waals surface area contributed by atoms with Gasteiger partial charge in [0.25, 0.3) is 5.56 Å². The molecule has 0 atom stereocenters. The van der Waals surface area contributed by atoms with Gasteiger partial charge in [-0.25, -0.2) is 9.07 Å². The van der Waals surface area contributed by atoms with Crippen LogP contribution in [0.3, 0.4) is 0 Å². The Morgan fingerprint density at radius 1 is 1.19 bits per heavy atom. The molecule has 0 unspecified atom stereocenters. The molecule has 1 amide bonds. The van der Waals surface area contributed by atoms with Crippen molar-refractivity contribution in [1.82, 2.24) is 9.78 Å². The van der Waals surface area contributed by atoms with Crippen molar-refractivity contribution in [2.75, 3.05) is 5.32 Å². The number of hydrogen-bond acceptors (Lipinski definition) is 2. The fourth-order valence-electron chi connectivity index (χ4n) is 2.11. The molecule has 0 saturated carbocycles. The van der Waals surface area contributed by atoms with E-state index in [9.17, 15) is 14.0 Å². The highest BCUT2D eigenvalue weighted by Crippen LogP contribution is 2.10. The third kappa shape index (κ3) is 2.69. The quantitative estimate of drug-likeness (QED) is 0.774. The minimum atomic E-state index is -0.440. The Hall–Kier alpha value is -2.89. The molecular weight excluding hydrogens is 273 g/mol. The van der Waals surface area contributed by atoms with Crippen LogP contribution in [0.5, 0.6) is 0 Å². The van der Waals surface area contributed by atoms with Crippen LogP contribution in [0.1, 0.15) is 0 Å². The van der Waals surface area contributed by atoms with Crippen LogP contribution in [0.15, 0.2) is 53.3 Å². The highest BCUT2D eigenvalue weighted by Gasteiger charge is 2.10. The molecule has 0 saturated heterocycles. The van der Waals surface area contributed by atoms with Crippen LogP contribution in [-0.2, 0) is 11.3 Å². The summed E-state index contributed by atoms with van der Waals surface area (Å²) in [6.45, 7) is -0.163. The van der Waals surface area contributed by atoms with E-state index in [1.807, 2.05) is 6.07 Å². The van der Waals surface area contributed by atoms with Crippen molar-refractivity contribution in [2.24, 2.45) is 0 Å². The molecule has 6 heteroatoms. The Morgan fingerprint density at radius 2 is 1.95 bits per heavy atom. The van der Waals surface area contributed by atoms with Crippen LogP contribution in [0, 0.1) is 5.82 Å². The number of H-pyrrole nitrogens is 1. The first-order chi connectivity index (χ1) is 10.1. The first kappa shape index (κ1) is 13.1. The number of aromatic nitrogens is 2. The zero-order valence-electron chi connectivity index (χ0n) is 11.0. The van der Waals surface area contributed by atoms with Crippen LogP contribution in [-0.4, -0.2) is 15.7 Å². The summed E-state index contributed by atoms with van der Waals surface area (Å²) in [7, 11) is 0. The van der Waals surface area contributed by atoms with Gasteiger partial charge in [-0.05, 0) is 30.3 Å². The maximum absolute atomic E-state index is 13.1. The molecule has 3 aromatic rings. The number of anilines is 1. The average molecular weight is 285 g/mol. The zero-order chi connectivity index (χ0) is 14.8. The number of benzene rings is 2. The topological polar surface area (TPSA) is 66.9 Å². The molecule has 3 rings (SSSR count). The number of amides is 1. The number of carbonyl (C=O) groups excluding carboxylic acids is 1. The standard InChI is InChI=1S/C15H12FN3O2/c16-10-6-7-12-13(8-10)18-19(15(12)21)9-14(20)17-11-4-2-1-3-5-11/h1-8,18H,9H2,(H,17,20). The van der Waals surface area contributed by atoms with Crippen LogP contribution in [0.4, 0.5) is 10.1 Å². The monoisotopic (exact) mass is 285 g/mol. The van der Waals surface area contributed by atoms with E-state index in [2.05, 4.69) is 10.4 Å². The molecule has 2 aromatic carbocycles. The molecule has 0 fully saturated rings. The molecule has 5 nitrogen and oxygen atoms in total. The minimum Gasteiger partial charge on any atom is -0.324 e. The summed E-state index contributed by atoms with van der Waals surface area (Å²) in [5.74, 6) is -0.778. The lowest BCUT2D eigenvalue weighted by atomic mass is 10.2. The number of carbonyl (C=O) groups is 1. The van der Waals surface area contributed by atoms with Gasteiger partial charge in [-0.3, -0.25) is 14.7 Å². The predicted molar refractivity (Wildman–Crippen MR) is 77.6 cm³/mol. The number of nitrogens with zero attached hydrogens (tertiary/aromatic N) is 1. The van der Waals surface area contributed by atoms with Crippen LogP contribution < -0.4 is 10.9 Å². The predicted octanol–water partition coefficient (Wildman–Crippen LogP) is 2.11. The number of fused-ring (bicyclic) bond motifs is 1. The summed E-state index contributed by atoms with van der Waals surface area (Å²) >= 11 is 0. The molecule has 1 aromatic heterocycles. The van der Waals surface area contributed by atoms with E-state index in [-0.39, 0.29) is 18.0 Å². The van der Waals surface area contributed by atoms with Crippen molar-refractivity contribution in [1.29, 1.82) is 0 Å². The molecule has 0 aliphatic carbocycles. The summed E-state index contributed by atoms with van der Waals surface area (Å²) < 4.78 is 14.3. The number of hydrogen-bond donors (Lipinski definition) is 2. The van der Waals surface area contributed by atoms with Gasteiger partial charge in [0, 0.05) is 5.69 Å². The van der Waals surface area contributed by atoms with Gasteiger partial charge in [0.05, 0.1) is 10.9 Å². The Kier molecular flexibility index (Phi) is 3.27. The van der Waals surface area contributed by atoms with Crippen molar-refractivity contribution in [2.45, 2.75) is 6.54 Å². The SMILES string of the molecule is O=C(Cn1[nH]c2cc(F)ccc2c1=O)Nc1ccccc1. The zero-order valence-corrected chi connectivity index (χ0v) is 11.0. The fourth-order valence-corrected chi connectivity index (χ4v) is 2.11. The van der Waals surface area contributed by atoms with Gasteiger partial charge in [0.15, 0.2) is 0 Å². The van der Waals surface area contributed by atoms with E-state index < -0.39 is 5.82 Å². The number of halogens is 1. The van der Waals surface area contributed by atoms with Gasteiger partial charge in [-0.1, -0.05) is 18.2 Å². The number of para-hydroxylation sites is 1. The van der Waals surface area contributed by atoms with Crippen LogP contribution in [0.2, 0.25) is 0 Å². The molecule has 0 spiro atoms. The van der Waals surface area contributed by atoms with Crippen molar-refractivity contribution < 1.29 is 9.18 Å².